The third-order valence-electron chi connectivity index (χ3n) is 2.81. The SMILES string of the molecule is CN1C(=O)CC(Nc2ccc(C#N)cc2F)C1=O. The quantitative estimate of drug-likeness (QED) is 0.787. The molecule has 1 aromatic carbocycles. The summed E-state index contributed by atoms with van der Waals surface area (Å²) in [5, 5.41) is 11.3. The van der Waals surface area contributed by atoms with Crippen molar-refractivity contribution in [1.82, 2.24) is 4.90 Å². The molecule has 0 radical (unpaired) electrons. The number of likely N-dealkylation sites (tertiary alicyclic amines) is 1. The Morgan fingerprint density at radius 3 is 2.72 bits per heavy atom. The molecule has 1 aliphatic rings. The molecule has 1 heterocycles. The van der Waals surface area contributed by atoms with Crippen molar-refractivity contribution >= 4 is 17.5 Å². The van der Waals surface area contributed by atoms with Gasteiger partial charge in [-0.3, -0.25) is 14.5 Å². The van der Waals surface area contributed by atoms with E-state index in [4.69, 9.17) is 5.26 Å². The summed E-state index contributed by atoms with van der Waals surface area (Å²) in [7, 11) is 1.39. The lowest BCUT2D eigenvalue weighted by Crippen LogP contribution is -2.32. The van der Waals surface area contributed by atoms with E-state index in [0.717, 1.165) is 11.0 Å². The van der Waals surface area contributed by atoms with Gasteiger partial charge in [-0.1, -0.05) is 0 Å². The second kappa shape index (κ2) is 4.45. The highest BCUT2D eigenvalue weighted by Crippen LogP contribution is 2.20. The molecular formula is C12H10FN3O2. The Hall–Kier alpha value is -2.42. The summed E-state index contributed by atoms with van der Waals surface area (Å²) in [5.41, 5.74) is 0.305. The van der Waals surface area contributed by atoms with Crippen LogP contribution in [0, 0.1) is 17.1 Å². The van der Waals surface area contributed by atoms with E-state index in [-0.39, 0.29) is 29.5 Å². The van der Waals surface area contributed by atoms with Crippen molar-refractivity contribution in [2.75, 3.05) is 12.4 Å². The maximum Gasteiger partial charge on any atom is 0.251 e. The Balaban J connectivity index is 2.18. The van der Waals surface area contributed by atoms with E-state index < -0.39 is 11.9 Å². The summed E-state index contributed by atoms with van der Waals surface area (Å²) in [5.74, 6) is -1.31. The highest BCUT2D eigenvalue weighted by Gasteiger charge is 2.36. The number of likely N-dealkylation sites (N-methyl/N-ethyl adjacent to an activating group) is 1. The fraction of sp³-hybridized carbons (Fsp3) is 0.250. The third-order valence-corrected chi connectivity index (χ3v) is 2.81. The minimum atomic E-state index is -0.745. The molecule has 1 fully saturated rings. The number of nitrogens with one attached hydrogen (secondary N) is 1. The van der Waals surface area contributed by atoms with Gasteiger partial charge in [0.05, 0.1) is 23.7 Å². The molecule has 6 heteroatoms. The van der Waals surface area contributed by atoms with Gasteiger partial charge < -0.3 is 5.32 Å². The van der Waals surface area contributed by atoms with Gasteiger partial charge in [0.25, 0.3) is 5.91 Å². The largest absolute Gasteiger partial charge is 0.371 e. The summed E-state index contributed by atoms with van der Waals surface area (Å²) in [6.07, 6.45) is 0.00871. The average Bonchev–Trinajstić information content (AvgIpc) is 2.59. The van der Waals surface area contributed by atoms with Gasteiger partial charge >= 0.3 is 0 Å². The monoisotopic (exact) mass is 247 g/mol. The normalized spacial score (nSPS) is 18.9. The number of benzene rings is 1. The topological polar surface area (TPSA) is 73.2 Å². The summed E-state index contributed by atoms with van der Waals surface area (Å²) in [4.78, 5) is 23.9. The minimum Gasteiger partial charge on any atom is -0.371 e. The van der Waals surface area contributed by atoms with Gasteiger partial charge in [-0.2, -0.15) is 5.26 Å². The van der Waals surface area contributed by atoms with Gasteiger partial charge in [-0.25, -0.2) is 4.39 Å². The first-order valence-corrected chi connectivity index (χ1v) is 5.29. The molecule has 1 saturated heterocycles. The summed E-state index contributed by atoms with van der Waals surface area (Å²) < 4.78 is 13.6. The van der Waals surface area contributed by atoms with E-state index in [0.29, 0.717) is 0 Å². The molecule has 5 nitrogen and oxygen atoms in total. The van der Waals surface area contributed by atoms with Crippen LogP contribution < -0.4 is 5.32 Å². The second-order valence-corrected chi connectivity index (χ2v) is 4.00. The number of carbonyl (C=O) groups excluding carboxylic acids is 2. The number of halogens is 1. The molecule has 0 aromatic heterocycles. The number of hydrogen-bond donors (Lipinski definition) is 1. The van der Waals surface area contributed by atoms with Gasteiger partial charge in [-0.15, -0.1) is 0 Å². The van der Waals surface area contributed by atoms with Crippen LogP contribution in [0.25, 0.3) is 0 Å². The van der Waals surface area contributed by atoms with E-state index >= 15 is 0 Å². The van der Waals surface area contributed by atoms with Gasteiger partial charge in [0.1, 0.15) is 11.9 Å². The number of imide groups is 1. The van der Waals surface area contributed by atoms with Crippen molar-refractivity contribution in [3.05, 3.63) is 29.6 Å². The van der Waals surface area contributed by atoms with Gasteiger partial charge in [0.2, 0.25) is 5.91 Å². The lowest BCUT2D eigenvalue weighted by molar-refractivity contribution is -0.136. The molecule has 2 rings (SSSR count). The Labute approximate surface area is 103 Å². The number of nitriles is 1. The molecule has 1 atom stereocenters. The Bertz CT molecular complexity index is 565. The van der Waals surface area contributed by atoms with Crippen LogP contribution in [0.2, 0.25) is 0 Å². The first-order chi connectivity index (χ1) is 8.52. The average molecular weight is 247 g/mol. The van der Waals surface area contributed by atoms with Crippen LogP contribution in [0.15, 0.2) is 18.2 Å². The number of anilines is 1. The van der Waals surface area contributed by atoms with Crippen LogP contribution in [-0.4, -0.2) is 29.8 Å². The predicted molar refractivity (Wildman–Crippen MR) is 60.9 cm³/mol. The molecule has 0 saturated carbocycles. The summed E-state index contributed by atoms with van der Waals surface area (Å²) in [6, 6.07) is 4.97. The Kier molecular flexibility index (Phi) is 2.98. The van der Waals surface area contributed by atoms with Crippen LogP contribution in [0.5, 0.6) is 0 Å². The summed E-state index contributed by atoms with van der Waals surface area (Å²) in [6.45, 7) is 0. The molecule has 1 aromatic rings. The number of carbonyl (C=O) groups is 2. The fourth-order valence-corrected chi connectivity index (χ4v) is 1.76. The van der Waals surface area contributed by atoms with Crippen molar-refractivity contribution < 1.29 is 14.0 Å². The predicted octanol–water partition coefficient (Wildman–Crippen LogP) is 0.867. The molecule has 1 aliphatic heterocycles. The molecule has 18 heavy (non-hydrogen) atoms. The standard InChI is InChI=1S/C12H10FN3O2/c1-16-11(17)5-10(12(16)18)15-9-3-2-7(6-14)4-8(9)13/h2-4,10,15H,5H2,1H3. The lowest BCUT2D eigenvalue weighted by atomic mass is 10.2. The first-order valence-electron chi connectivity index (χ1n) is 5.29. The second-order valence-electron chi connectivity index (χ2n) is 4.00. The van der Waals surface area contributed by atoms with Crippen LogP contribution in [0.1, 0.15) is 12.0 Å². The van der Waals surface area contributed by atoms with Crippen LogP contribution in [0.4, 0.5) is 10.1 Å². The van der Waals surface area contributed by atoms with Crippen molar-refractivity contribution in [2.24, 2.45) is 0 Å². The zero-order valence-electron chi connectivity index (χ0n) is 9.61. The fourth-order valence-electron chi connectivity index (χ4n) is 1.76. The van der Waals surface area contributed by atoms with E-state index in [9.17, 15) is 14.0 Å². The number of amides is 2. The van der Waals surface area contributed by atoms with E-state index in [2.05, 4.69) is 5.32 Å². The Morgan fingerprint density at radius 2 is 2.22 bits per heavy atom. The Morgan fingerprint density at radius 1 is 1.50 bits per heavy atom. The lowest BCUT2D eigenvalue weighted by Gasteiger charge is -2.13. The molecule has 0 spiro atoms. The molecule has 92 valence electrons. The van der Waals surface area contributed by atoms with Crippen molar-refractivity contribution in [2.45, 2.75) is 12.5 Å². The molecular weight excluding hydrogens is 237 g/mol. The smallest absolute Gasteiger partial charge is 0.251 e. The number of rotatable bonds is 2. The van der Waals surface area contributed by atoms with Gasteiger partial charge in [-0.05, 0) is 18.2 Å². The van der Waals surface area contributed by atoms with Crippen LogP contribution >= 0.6 is 0 Å². The maximum atomic E-state index is 13.6. The molecule has 2 amide bonds. The van der Waals surface area contributed by atoms with Crippen molar-refractivity contribution in [3.8, 4) is 6.07 Å². The molecule has 0 aliphatic carbocycles. The number of hydrogen-bond acceptors (Lipinski definition) is 4. The maximum absolute atomic E-state index is 13.6. The van der Waals surface area contributed by atoms with Crippen molar-refractivity contribution in [1.29, 1.82) is 5.26 Å². The zero-order chi connectivity index (χ0) is 13.3. The molecule has 0 bridgehead atoms. The van der Waals surface area contributed by atoms with Crippen molar-refractivity contribution in [3.63, 3.8) is 0 Å². The molecule has 1 N–H and O–H groups in total. The van der Waals surface area contributed by atoms with Gasteiger partial charge in [0.15, 0.2) is 0 Å². The zero-order valence-corrected chi connectivity index (χ0v) is 9.61. The highest BCUT2D eigenvalue weighted by atomic mass is 19.1. The first kappa shape index (κ1) is 12.0. The third kappa shape index (κ3) is 2.02. The molecule has 1 unspecified atom stereocenters. The van der Waals surface area contributed by atoms with E-state index in [1.54, 1.807) is 0 Å². The van der Waals surface area contributed by atoms with Gasteiger partial charge in [0, 0.05) is 7.05 Å². The van der Waals surface area contributed by atoms with E-state index in [1.165, 1.54) is 19.2 Å². The summed E-state index contributed by atoms with van der Waals surface area (Å²) >= 11 is 0. The van der Waals surface area contributed by atoms with Crippen LogP contribution in [0.3, 0.4) is 0 Å². The minimum absolute atomic E-state index is 0.00871. The number of nitrogens with zero attached hydrogens (tertiary/aromatic N) is 2. The van der Waals surface area contributed by atoms with Crippen LogP contribution in [-0.2, 0) is 9.59 Å². The van der Waals surface area contributed by atoms with E-state index in [1.807, 2.05) is 6.07 Å². The highest BCUT2D eigenvalue weighted by molar-refractivity contribution is 6.06.